The number of benzene rings is 2. The molecular weight excluding hydrogens is 292 g/mol. The highest BCUT2D eigenvalue weighted by atomic mass is 16.1. The lowest BCUT2D eigenvalue weighted by molar-refractivity contribution is 0.103. The summed E-state index contributed by atoms with van der Waals surface area (Å²) >= 11 is 0. The van der Waals surface area contributed by atoms with Crippen molar-refractivity contribution in [3.63, 3.8) is 0 Å². The number of ketones is 1. The van der Waals surface area contributed by atoms with Gasteiger partial charge in [0, 0.05) is 11.1 Å². The van der Waals surface area contributed by atoms with E-state index < -0.39 is 0 Å². The van der Waals surface area contributed by atoms with Crippen molar-refractivity contribution in [2.45, 2.75) is 69.2 Å². The lowest BCUT2D eigenvalue weighted by Crippen LogP contribution is -1.99. The highest BCUT2D eigenvalue weighted by Gasteiger charge is 2.06. The van der Waals surface area contributed by atoms with Crippen LogP contribution in [0.1, 0.15) is 85.2 Å². The molecule has 0 fully saturated rings. The maximum atomic E-state index is 11.8. The first-order valence-corrected chi connectivity index (χ1v) is 9.53. The van der Waals surface area contributed by atoms with Crippen LogP contribution >= 0.6 is 0 Å². The first-order valence-electron chi connectivity index (χ1n) is 9.53. The summed E-state index contributed by atoms with van der Waals surface area (Å²) in [5.74, 6) is 0.0752. The third-order valence-corrected chi connectivity index (χ3v) is 2.07. The van der Waals surface area contributed by atoms with Crippen LogP contribution < -0.4 is 0 Å². The number of rotatable bonds is 2. The van der Waals surface area contributed by atoms with Crippen molar-refractivity contribution in [3.8, 4) is 0 Å². The van der Waals surface area contributed by atoms with Crippen molar-refractivity contribution >= 4 is 5.78 Å². The minimum absolute atomic E-state index is 0.0752. The van der Waals surface area contributed by atoms with Gasteiger partial charge in [-0.1, -0.05) is 130 Å². The van der Waals surface area contributed by atoms with Crippen LogP contribution in [0.5, 0.6) is 0 Å². The molecule has 0 saturated heterocycles. The smallest absolute Gasteiger partial charge is 0.193 e. The molecule has 0 aliphatic rings. The van der Waals surface area contributed by atoms with E-state index in [4.69, 9.17) is 0 Å². The molecule has 0 unspecified atom stereocenters. The number of carbonyl (C=O) groups is 1. The highest BCUT2D eigenvalue weighted by Crippen LogP contribution is 2.08. The van der Waals surface area contributed by atoms with Gasteiger partial charge in [-0.15, -0.1) is 0 Å². The summed E-state index contributed by atoms with van der Waals surface area (Å²) in [6, 6.07) is 18.6. The molecule has 0 spiro atoms. The van der Waals surface area contributed by atoms with E-state index in [0.717, 1.165) is 11.1 Å². The van der Waals surface area contributed by atoms with Gasteiger partial charge in [-0.2, -0.15) is 0 Å². The summed E-state index contributed by atoms with van der Waals surface area (Å²) in [5, 5.41) is 0. The molecular formula is C23H40O. The van der Waals surface area contributed by atoms with Crippen molar-refractivity contribution in [2.75, 3.05) is 0 Å². The summed E-state index contributed by atoms with van der Waals surface area (Å²) in [6.07, 6.45) is 0. The van der Waals surface area contributed by atoms with Gasteiger partial charge in [-0.3, -0.25) is 4.79 Å². The van der Waals surface area contributed by atoms with Crippen molar-refractivity contribution in [1.29, 1.82) is 0 Å². The van der Waals surface area contributed by atoms with Crippen molar-refractivity contribution < 1.29 is 4.79 Å². The van der Waals surface area contributed by atoms with Gasteiger partial charge < -0.3 is 0 Å². The standard InChI is InChI=1S/C13H10O.5C2H6/c14-13(11-7-3-1-4-8-11)12-9-5-2-6-10-12;5*1-2/h1-10H;5*1-2H3. The second-order valence-corrected chi connectivity index (χ2v) is 3.06. The van der Waals surface area contributed by atoms with Crippen LogP contribution in [0.25, 0.3) is 0 Å². The molecule has 0 heterocycles. The molecule has 0 aliphatic heterocycles. The zero-order valence-corrected chi connectivity index (χ0v) is 17.7. The topological polar surface area (TPSA) is 17.1 Å². The largest absolute Gasteiger partial charge is 0.289 e. The van der Waals surface area contributed by atoms with Gasteiger partial charge in [0.1, 0.15) is 0 Å². The monoisotopic (exact) mass is 332 g/mol. The number of hydrogen-bond acceptors (Lipinski definition) is 1. The maximum Gasteiger partial charge on any atom is 0.193 e. The van der Waals surface area contributed by atoms with Crippen molar-refractivity contribution in [2.24, 2.45) is 0 Å². The van der Waals surface area contributed by atoms with Crippen LogP contribution in [-0.2, 0) is 0 Å². The zero-order chi connectivity index (χ0) is 19.8. The van der Waals surface area contributed by atoms with Gasteiger partial charge in [0.05, 0.1) is 0 Å². The lowest BCUT2D eigenvalue weighted by Gasteiger charge is -1.99. The molecule has 138 valence electrons. The fourth-order valence-electron chi connectivity index (χ4n) is 1.35. The van der Waals surface area contributed by atoms with Crippen molar-refractivity contribution in [1.82, 2.24) is 0 Å². The maximum absolute atomic E-state index is 11.8. The molecule has 1 nitrogen and oxygen atoms in total. The molecule has 1 heteroatoms. The predicted octanol–water partition coefficient (Wildman–Crippen LogP) is 8.05. The van der Waals surface area contributed by atoms with E-state index in [1.165, 1.54) is 0 Å². The Balaban J connectivity index is -0.000000173. The van der Waals surface area contributed by atoms with E-state index in [1.807, 2.05) is 130 Å². The third-order valence-electron chi connectivity index (χ3n) is 2.07. The van der Waals surface area contributed by atoms with Crippen molar-refractivity contribution in [3.05, 3.63) is 71.8 Å². The molecule has 2 rings (SSSR count). The fraction of sp³-hybridized carbons (Fsp3) is 0.435. The Kier molecular flexibility index (Phi) is 36.5. The zero-order valence-electron chi connectivity index (χ0n) is 17.7. The predicted molar refractivity (Wildman–Crippen MR) is 113 cm³/mol. The molecule has 0 aromatic heterocycles. The van der Waals surface area contributed by atoms with E-state index in [1.54, 1.807) is 0 Å². The van der Waals surface area contributed by atoms with Gasteiger partial charge in [0.25, 0.3) is 0 Å². The molecule has 2 aromatic rings. The number of hydrogen-bond donors (Lipinski definition) is 0. The van der Waals surface area contributed by atoms with Crippen LogP contribution in [0.4, 0.5) is 0 Å². The second kappa shape index (κ2) is 29.2. The van der Waals surface area contributed by atoms with Crippen LogP contribution in [0.3, 0.4) is 0 Å². The first kappa shape index (κ1) is 30.0. The number of carbonyl (C=O) groups excluding carboxylic acids is 1. The van der Waals surface area contributed by atoms with E-state index in [9.17, 15) is 4.79 Å². The van der Waals surface area contributed by atoms with Crippen LogP contribution in [0.2, 0.25) is 0 Å². The van der Waals surface area contributed by atoms with E-state index >= 15 is 0 Å². The lowest BCUT2D eigenvalue weighted by atomic mass is 10.0. The molecule has 0 aliphatic carbocycles. The molecule has 0 amide bonds. The second-order valence-electron chi connectivity index (χ2n) is 3.06. The Hall–Kier alpha value is -1.89. The van der Waals surface area contributed by atoms with Gasteiger partial charge in [-0.25, -0.2) is 0 Å². The van der Waals surface area contributed by atoms with Gasteiger partial charge in [-0.05, 0) is 0 Å². The Morgan fingerprint density at radius 3 is 0.875 bits per heavy atom. The summed E-state index contributed by atoms with van der Waals surface area (Å²) in [7, 11) is 0. The quantitative estimate of drug-likeness (QED) is 0.508. The minimum Gasteiger partial charge on any atom is -0.289 e. The third kappa shape index (κ3) is 15.0. The summed E-state index contributed by atoms with van der Waals surface area (Å²) in [6.45, 7) is 20.0. The summed E-state index contributed by atoms with van der Waals surface area (Å²) in [4.78, 5) is 11.8. The molecule has 2 aromatic carbocycles. The minimum atomic E-state index is 0.0752. The van der Waals surface area contributed by atoms with E-state index in [-0.39, 0.29) is 5.78 Å². The Bertz CT molecular complexity index is 377. The van der Waals surface area contributed by atoms with E-state index in [0.29, 0.717) is 0 Å². The Morgan fingerprint density at radius 1 is 0.458 bits per heavy atom. The Labute approximate surface area is 152 Å². The van der Waals surface area contributed by atoms with Crippen LogP contribution in [-0.4, -0.2) is 5.78 Å². The molecule has 0 saturated carbocycles. The molecule has 24 heavy (non-hydrogen) atoms. The highest BCUT2D eigenvalue weighted by molar-refractivity contribution is 6.08. The Morgan fingerprint density at radius 2 is 0.667 bits per heavy atom. The summed E-state index contributed by atoms with van der Waals surface area (Å²) in [5.41, 5.74) is 1.47. The van der Waals surface area contributed by atoms with Crippen LogP contribution in [0, 0.1) is 0 Å². The molecule has 0 bridgehead atoms. The summed E-state index contributed by atoms with van der Waals surface area (Å²) < 4.78 is 0. The average Bonchev–Trinajstić information content (AvgIpc) is 2.76. The van der Waals surface area contributed by atoms with Gasteiger partial charge in [0.2, 0.25) is 0 Å². The van der Waals surface area contributed by atoms with E-state index in [2.05, 4.69) is 0 Å². The normalized spacial score (nSPS) is 6.92. The SMILES string of the molecule is CC.CC.CC.CC.CC.O=C(c1ccccc1)c1ccccc1. The molecule has 0 radical (unpaired) electrons. The molecule has 0 atom stereocenters. The average molecular weight is 333 g/mol. The van der Waals surface area contributed by atoms with Gasteiger partial charge in [0.15, 0.2) is 5.78 Å². The molecule has 0 N–H and O–H groups in total. The fourth-order valence-corrected chi connectivity index (χ4v) is 1.35. The van der Waals surface area contributed by atoms with Gasteiger partial charge >= 0.3 is 0 Å². The first-order chi connectivity index (χ1) is 11.9. The van der Waals surface area contributed by atoms with Crippen LogP contribution in [0.15, 0.2) is 60.7 Å².